The molecule has 0 spiro atoms. The molecule has 5 aliphatic rings. The highest BCUT2D eigenvalue weighted by atomic mass is 32.2. The molecule has 13 heteroatoms. The smallest absolute Gasteiger partial charge is 0.264 e. The minimum Gasteiger partial charge on any atom is -0.372 e. The standard InChI is InChI=1S/C31H32F3N3O6S/c1-44(42,43)25(32)15-18(14-17-12-13-35-27(17)38)36-28(39)26-24-11-10-19(16-30(24,33)34)37(26)29(40)31(41)22-8-4-2-6-20(22)21-7-3-5-9-23(21)31/h2-9,15,17-19,24,26,41H,10-14,16H2,1H3,(H,35,38)(H,36,39)/b25-15-/t17-,18+,19-,24-,26+/m1/s1. The average Bonchev–Trinajstić information content (AvgIpc) is 3.50. The van der Waals surface area contributed by atoms with Crippen LogP contribution < -0.4 is 10.6 Å². The summed E-state index contributed by atoms with van der Waals surface area (Å²) in [6, 6.07) is 9.27. The van der Waals surface area contributed by atoms with Crippen molar-refractivity contribution in [3.8, 4) is 11.1 Å². The zero-order chi connectivity index (χ0) is 31.6. The lowest BCUT2D eigenvalue weighted by molar-refractivity contribution is -0.201. The van der Waals surface area contributed by atoms with E-state index < -0.39 is 74.7 Å². The number of aliphatic hydroxyl groups is 1. The molecule has 3 aliphatic heterocycles. The lowest BCUT2D eigenvalue weighted by atomic mass is 9.70. The Morgan fingerprint density at radius 1 is 1.09 bits per heavy atom. The maximum atomic E-state index is 15.4. The van der Waals surface area contributed by atoms with Crippen LogP contribution in [0.3, 0.4) is 0 Å². The number of hydrogen-bond acceptors (Lipinski definition) is 6. The van der Waals surface area contributed by atoms with Gasteiger partial charge in [-0.05, 0) is 42.9 Å². The number of carbonyl (C=O) groups is 3. The van der Waals surface area contributed by atoms with Gasteiger partial charge in [0.25, 0.3) is 11.8 Å². The highest BCUT2D eigenvalue weighted by molar-refractivity contribution is 7.94. The fourth-order valence-electron chi connectivity index (χ4n) is 7.32. The van der Waals surface area contributed by atoms with Gasteiger partial charge in [-0.2, -0.15) is 4.39 Å². The molecule has 2 aromatic rings. The van der Waals surface area contributed by atoms with Gasteiger partial charge in [0.2, 0.25) is 26.8 Å². The first-order valence-corrected chi connectivity index (χ1v) is 16.4. The van der Waals surface area contributed by atoms with Gasteiger partial charge in [-0.1, -0.05) is 48.5 Å². The van der Waals surface area contributed by atoms with Crippen molar-refractivity contribution in [1.29, 1.82) is 0 Å². The van der Waals surface area contributed by atoms with Crippen LogP contribution in [0.5, 0.6) is 0 Å². The molecule has 234 valence electrons. The van der Waals surface area contributed by atoms with E-state index in [0.717, 1.165) is 4.90 Å². The second kappa shape index (κ2) is 10.7. The Kier molecular flexibility index (Phi) is 7.39. The van der Waals surface area contributed by atoms with Crippen LogP contribution in [0, 0.1) is 11.8 Å². The van der Waals surface area contributed by atoms with Crippen molar-refractivity contribution in [2.75, 3.05) is 12.8 Å². The third kappa shape index (κ3) is 4.90. The SMILES string of the molecule is CS(=O)(=O)/C(F)=C\[C@H](C[C@H]1CCNC1=O)NC(=O)[C@@H]1[C@H]2CC[C@H](CC2(F)F)N1C(=O)C1(O)c2ccccc2-c2ccccc21. The Morgan fingerprint density at radius 2 is 1.70 bits per heavy atom. The third-order valence-corrected chi connectivity index (χ3v) is 10.2. The largest absolute Gasteiger partial charge is 0.372 e. The molecule has 44 heavy (non-hydrogen) atoms. The van der Waals surface area contributed by atoms with E-state index in [1.54, 1.807) is 48.5 Å². The molecule has 0 radical (unpaired) electrons. The predicted molar refractivity (Wildman–Crippen MR) is 153 cm³/mol. The van der Waals surface area contributed by atoms with Gasteiger partial charge in [-0.25, -0.2) is 17.2 Å². The second-order valence-electron chi connectivity index (χ2n) is 12.1. The number of rotatable bonds is 7. The van der Waals surface area contributed by atoms with Crippen molar-refractivity contribution in [2.45, 2.75) is 61.8 Å². The molecular weight excluding hydrogens is 599 g/mol. The zero-order valence-electron chi connectivity index (χ0n) is 23.8. The molecule has 2 aliphatic carbocycles. The first kappa shape index (κ1) is 30.3. The van der Waals surface area contributed by atoms with Crippen molar-refractivity contribution < 1.29 is 41.1 Å². The summed E-state index contributed by atoms with van der Waals surface area (Å²) in [5.74, 6) is -7.94. The Morgan fingerprint density at radius 3 is 2.25 bits per heavy atom. The number of fused-ring (bicyclic) bond motifs is 6. The van der Waals surface area contributed by atoms with Crippen LogP contribution in [0.15, 0.2) is 59.8 Å². The molecule has 5 atom stereocenters. The Hall–Kier alpha value is -3.71. The zero-order valence-corrected chi connectivity index (χ0v) is 24.6. The van der Waals surface area contributed by atoms with E-state index in [4.69, 9.17) is 0 Å². The summed E-state index contributed by atoms with van der Waals surface area (Å²) in [4.78, 5) is 41.8. The Labute approximate surface area is 252 Å². The van der Waals surface area contributed by atoms with Crippen LogP contribution in [0.4, 0.5) is 13.2 Å². The molecule has 2 bridgehead atoms. The van der Waals surface area contributed by atoms with E-state index in [1.807, 2.05) is 0 Å². The van der Waals surface area contributed by atoms with Crippen molar-refractivity contribution >= 4 is 27.6 Å². The second-order valence-corrected chi connectivity index (χ2v) is 14.1. The van der Waals surface area contributed by atoms with E-state index in [0.29, 0.717) is 36.4 Å². The predicted octanol–water partition coefficient (Wildman–Crippen LogP) is 2.78. The number of sulfone groups is 1. The first-order chi connectivity index (χ1) is 20.7. The molecular formula is C31H32F3N3O6S. The number of piperidine rings is 2. The number of halogens is 3. The highest BCUT2D eigenvalue weighted by Gasteiger charge is 2.63. The molecule has 0 unspecified atom stereocenters. The average molecular weight is 632 g/mol. The van der Waals surface area contributed by atoms with Gasteiger partial charge >= 0.3 is 0 Å². The van der Waals surface area contributed by atoms with Gasteiger partial charge in [0, 0.05) is 42.3 Å². The number of benzene rings is 2. The van der Waals surface area contributed by atoms with E-state index in [9.17, 15) is 32.3 Å². The Bertz CT molecular complexity index is 1630. The summed E-state index contributed by atoms with van der Waals surface area (Å²) >= 11 is 0. The number of alkyl halides is 2. The summed E-state index contributed by atoms with van der Waals surface area (Å²) in [5.41, 5.74) is -0.529. The fraction of sp³-hybridized carbons (Fsp3) is 0.452. The molecule has 0 aromatic heterocycles. The summed E-state index contributed by atoms with van der Waals surface area (Å²) in [6.45, 7) is 0.338. The molecule has 3 N–H and O–H groups in total. The fourth-order valence-corrected chi connectivity index (χ4v) is 7.73. The minimum absolute atomic E-state index is 0.0750. The molecule has 3 heterocycles. The maximum Gasteiger partial charge on any atom is 0.264 e. The number of carbonyl (C=O) groups excluding carboxylic acids is 3. The van der Waals surface area contributed by atoms with Crippen LogP contribution in [0.1, 0.15) is 43.2 Å². The van der Waals surface area contributed by atoms with Crippen LogP contribution >= 0.6 is 0 Å². The number of amides is 3. The van der Waals surface area contributed by atoms with Crippen molar-refractivity contribution in [2.24, 2.45) is 11.8 Å². The monoisotopic (exact) mass is 631 g/mol. The third-order valence-electron chi connectivity index (χ3n) is 9.39. The van der Waals surface area contributed by atoms with Crippen LogP contribution in [-0.4, -0.2) is 73.0 Å². The van der Waals surface area contributed by atoms with Gasteiger partial charge in [0.1, 0.15) is 6.04 Å². The highest BCUT2D eigenvalue weighted by Crippen LogP contribution is 2.53. The molecule has 2 aromatic carbocycles. The minimum atomic E-state index is -4.31. The van der Waals surface area contributed by atoms with E-state index in [-0.39, 0.29) is 36.3 Å². The normalized spacial score (nSPS) is 27.3. The number of nitrogens with zero attached hydrogens (tertiary/aromatic N) is 1. The summed E-state index contributed by atoms with van der Waals surface area (Å²) < 4.78 is 69.1. The van der Waals surface area contributed by atoms with Crippen molar-refractivity contribution in [3.05, 3.63) is 70.9 Å². The summed E-state index contributed by atoms with van der Waals surface area (Å²) in [6.07, 6.45) is 0.872. The molecule has 9 nitrogen and oxygen atoms in total. The molecule has 1 saturated carbocycles. The van der Waals surface area contributed by atoms with Gasteiger partial charge in [0.15, 0.2) is 5.60 Å². The Balaban J connectivity index is 1.39. The topological polar surface area (TPSA) is 133 Å². The molecule has 7 rings (SSSR count). The molecule has 3 saturated heterocycles. The van der Waals surface area contributed by atoms with Gasteiger partial charge in [-0.3, -0.25) is 14.4 Å². The summed E-state index contributed by atoms with van der Waals surface area (Å²) in [7, 11) is -4.31. The lowest BCUT2D eigenvalue weighted by Crippen LogP contribution is -2.70. The van der Waals surface area contributed by atoms with Gasteiger partial charge in [-0.15, -0.1) is 0 Å². The van der Waals surface area contributed by atoms with E-state index in [2.05, 4.69) is 10.6 Å². The van der Waals surface area contributed by atoms with Crippen LogP contribution in [0.25, 0.3) is 11.1 Å². The van der Waals surface area contributed by atoms with Crippen molar-refractivity contribution in [1.82, 2.24) is 15.5 Å². The van der Waals surface area contributed by atoms with Crippen molar-refractivity contribution in [3.63, 3.8) is 0 Å². The first-order valence-electron chi connectivity index (χ1n) is 14.5. The van der Waals surface area contributed by atoms with E-state index in [1.165, 1.54) is 0 Å². The van der Waals surface area contributed by atoms with Crippen LogP contribution in [-0.2, 0) is 29.8 Å². The van der Waals surface area contributed by atoms with Crippen LogP contribution in [0.2, 0.25) is 0 Å². The number of hydrogen-bond donors (Lipinski definition) is 3. The summed E-state index contributed by atoms with van der Waals surface area (Å²) in [5, 5.41) is 15.8. The van der Waals surface area contributed by atoms with Gasteiger partial charge in [0.05, 0.1) is 12.0 Å². The number of nitrogens with one attached hydrogen (secondary N) is 2. The quantitative estimate of drug-likeness (QED) is 0.431. The lowest BCUT2D eigenvalue weighted by Gasteiger charge is -2.55. The van der Waals surface area contributed by atoms with E-state index >= 15 is 8.78 Å². The van der Waals surface area contributed by atoms with Gasteiger partial charge < -0.3 is 20.6 Å². The molecule has 3 amide bonds. The maximum absolute atomic E-state index is 15.4. The molecule has 4 fully saturated rings.